The average molecular weight is 300 g/mol. The lowest BCUT2D eigenvalue weighted by molar-refractivity contribution is -0.00880. The minimum absolute atomic E-state index is 0.121. The van der Waals surface area contributed by atoms with Gasteiger partial charge in [0.15, 0.2) is 0 Å². The first-order valence-corrected chi connectivity index (χ1v) is 8.94. The second-order valence-electron chi connectivity index (χ2n) is 7.51. The maximum atomic E-state index is 6.49. The molecule has 120 valence electrons. The van der Waals surface area contributed by atoms with Gasteiger partial charge in [-0.25, -0.2) is 0 Å². The molecule has 0 atom stereocenters. The Bertz CT molecular complexity index is 528. The highest BCUT2D eigenvalue weighted by molar-refractivity contribution is 5.40. The van der Waals surface area contributed by atoms with Gasteiger partial charge in [0, 0.05) is 19.6 Å². The number of aryl methyl sites for hydroxylation is 1. The van der Waals surface area contributed by atoms with Crippen LogP contribution in [-0.4, -0.2) is 48.6 Å². The Hall–Kier alpha value is -1.06. The molecular formula is C19H28N2O. The lowest BCUT2D eigenvalue weighted by atomic mass is 9.83. The minimum atomic E-state index is 0.121. The fourth-order valence-electron chi connectivity index (χ4n) is 4.25. The molecule has 1 aromatic rings. The van der Waals surface area contributed by atoms with Crippen molar-refractivity contribution in [3.63, 3.8) is 0 Å². The Morgan fingerprint density at radius 2 is 1.82 bits per heavy atom. The number of likely N-dealkylation sites (tertiary alicyclic amines) is 2. The zero-order valence-electron chi connectivity index (χ0n) is 13.8. The molecule has 0 saturated carbocycles. The summed E-state index contributed by atoms with van der Waals surface area (Å²) >= 11 is 0. The van der Waals surface area contributed by atoms with E-state index in [4.69, 9.17) is 4.74 Å². The van der Waals surface area contributed by atoms with Gasteiger partial charge < -0.3 is 9.64 Å². The summed E-state index contributed by atoms with van der Waals surface area (Å²) in [4.78, 5) is 4.99. The zero-order valence-corrected chi connectivity index (χ0v) is 13.8. The molecule has 3 heterocycles. The number of ether oxygens (including phenoxy) is 1. The first kappa shape index (κ1) is 14.5. The third-order valence-corrected chi connectivity index (χ3v) is 5.80. The van der Waals surface area contributed by atoms with Gasteiger partial charge in [0.25, 0.3) is 0 Å². The number of hydrogen-bond donors (Lipinski definition) is 0. The molecule has 4 rings (SSSR count). The first-order chi connectivity index (χ1) is 10.7. The molecule has 2 fully saturated rings. The van der Waals surface area contributed by atoms with Crippen LogP contribution in [0.3, 0.4) is 0 Å². The van der Waals surface area contributed by atoms with Crippen molar-refractivity contribution in [3.05, 3.63) is 29.3 Å². The van der Waals surface area contributed by atoms with Crippen LogP contribution in [-0.2, 0) is 13.0 Å². The van der Waals surface area contributed by atoms with Gasteiger partial charge in [-0.1, -0.05) is 12.1 Å². The minimum Gasteiger partial charge on any atom is -0.487 e. The number of rotatable bonds is 2. The monoisotopic (exact) mass is 300 g/mol. The predicted octanol–water partition coefficient (Wildman–Crippen LogP) is 3.07. The standard InChI is InChI=1S/C19H28N2O/c1-20-12-8-19(9-13-20)7-6-17-14-16(4-5-18(17)22-19)15-21-10-2-3-11-21/h4-5,14H,2-3,6-13,15H2,1H3. The lowest BCUT2D eigenvalue weighted by Gasteiger charge is -2.44. The molecule has 0 aromatic heterocycles. The Morgan fingerprint density at radius 1 is 1.05 bits per heavy atom. The van der Waals surface area contributed by atoms with Gasteiger partial charge in [-0.2, -0.15) is 0 Å². The number of nitrogens with zero attached hydrogens (tertiary/aromatic N) is 2. The molecule has 22 heavy (non-hydrogen) atoms. The van der Waals surface area contributed by atoms with E-state index in [1.165, 1.54) is 75.8 Å². The Labute approximate surface area is 134 Å². The van der Waals surface area contributed by atoms with Gasteiger partial charge >= 0.3 is 0 Å². The Morgan fingerprint density at radius 3 is 2.59 bits per heavy atom. The lowest BCUT2D eigenvalue weighted by Crippen LogP contribution is -2.48. The molecule has 0 N–H and O–H groups in total. The van der Waals surface area contributed by atoms with Crippen LogP contribution in [0.2, 0.25) is 0 Å². The number of hydrogen-bond acceptors (Lipinski definition) is 3. The Balaban J connectivity index is 1.46. The van der Waals surface area contributed by atoms with Gasteiger partial charge in [0.2, 0.25) is 0 Å². The van der Waals surface area contributed by atoms with Crippen molar-refractivity contribution in [2.24, 2.45) is 0 Å². The summed E-state index contributed by atoms with van der Waals surface area (Å²) < 4.78 is 6.49. The highest BCUT2D eigenvalue weighted by atomic mass is 16.5. The zero-order chi connectivity index (χ0) is 15.0. The molecule has 3 heteroatoms. The molecule has 3 nitrogen and oxygen atoms in total. The van der Waals surface area contributed by atoms with Crippen LogP contribution in [0.15, 0.2) is 18.2 Å². The smallest absolute Gasteiger partial charge is 0.123 e. The summed E-state index contributed by atoms with van der Waals surface area (Å²) in [5.74, 6) is 1.15. The van der Waals surface area contributed by atoms with E-state index in [-0.39, 0.29) is 5.60 Å². The van der Waals surface area contributed by atoms with Gasteiger partial charge in [-0.05, 0) is 75.9 Å². The SMILES string of the molecule is CN1CCC2(CCc3cc(CN4CCCC4)ccc3O2)CC1. The largest absolute Gasteiger partial charge is 0.487 e. The van der Waals surface area contributed by atoms with Crippen molar-refractivity contribution in [2.45, 2.75) is 50.7 Å². The van der Waals surface area contributed by atoms with Crippen molar-refractivity contribution < 1.29 is 4.74 Å². The topological polar surface area (TPSA) is 15.7 Å². The van der Waals surface area contributed by atoms with Crippen molar-refractivity contribution >= 4 is 0 Å². The van der Waals surface area contributed by atoms with Crippen LogP contribution in [0, 0.1) is 0 Å². The molecule has 3 aliphatic heterocycles. The average Bonchev–Trinajstić information content (AvgIpc) is 3.04. The van der Waals surface area contributed by atoms with Crippen molar-refractivity contribution in [1.29, 1.82) is 0 Å². The van der Waals surface area contributed by atoms with Crippen molar-refractivity contribution in [1.82, 2.24) is 9.80 Å². The van der Waals surface area contributed by atoms with Gasteiger partial charge in [-0.15, -0.1) is 0 Å². The molecule has 0 bridgehead atoms. The summed E-state index contributed by atoms with van der Waals surface area (Å²) in [7, 11) is 2.22. The van der Waals surface area contributed by atoms with Gasteiger partial charge in [0.05, 0.1) is 0 Å². The summed E-state index contributed by atoms with van der Waals surface area (Å²) in [6, 6.07) is 6.92. The summed E-state index contributed by atoms with van der Waals surface area (Å²) in [6.45, 7) is 5.99. The maximum Gasteiger partial charge on any atom is 0.123 e. The molecule has 2 saturated heterocycles. The fourth-order valence-corrected chi connectivity index (χ4v) is 4.25. The van der Waals surface area contributed by atoms with Crippen LogP contribution < -0.4 is 4.74 Å². The van der Waals surface area contributed by atoms with E-state index < -0.39 is 0 Å². The normalized spacial score (nSPS) is 25.1. The third-order valence-electron chi connectivity index (χ3n) is 5.80. The van der Waals surface area contributed by atoms with Crippen LogP contribution >= 0.6 is 0 Å². The summed E-state index contributed by atoms with van der Waals surface area (Å²) in [6.07, 6.45) is 7.47. The number of benzene rings is 1. The van der Waals surface area contributed by atoms with Crippen LogP contribution in [0.5, 0.6) is 5.75 Å². The summed E-state index contributed by atoms with van der Waals surface area (Å²) in [5.41, 5.74) is 3.01. The van der Waals surface area contributed by atoms with Crippen LogP contribution in [0.1, 0.15) is 43.2 Å². The molecule has 0 radical (unpaired) electrons. The van der Waals surface area contributed by atoms with Crippen LogP contribution in [0.25, 0.3) is 0 Å². The molecule has 0 aliphatic carbocycles. The molecule has 1 aromatic carbocycles. The van der Waals surface area contributed by atoms with E-state index in [0.717, 1.165) is 12.3 Å². The van der Waals surface area contributed by atoms with Crippen LogP contribution in [0.4, 0.5) is 0 Å². The maximum absolute atomic E-state index is 6.49. The molecule has 1 spiro atoms. The van der Waals surface area contributed by atoms with Gasteiger partial charge in [0.1, 0.15) is 11.4 Å². The highest BCUT2D eigenvalue weighted by Gasteiger charge is 2.38. The molecule has 0 unspecified atom stereocenters. The number of fused-ring (bicyclic) bond motifs is 1. The number of piperidine rings is 1. The molecule has 0 amide bonds. The van der Waals surface area contributed by atoms with E-state index in [1.807, 2.05) is 0 Å². The predicted molar refractivity (Wildman–Crippen MR) is 89.4 cm³/mol. The molecule has 3 aliphatic rings. The molecular weight excluding hydrogens is 272 g/mol. The van der Waals surface area contributed by atoms with E-state index in [1.54, 1.807) is 0 Å². The van der Waals surface area contributed by atoms with Crippen molar-refractivity contribution in [3.8, 4) is 5.75 Å². The summed E-state index contributed by atoms with van der Waals surface area (Å²) in [5, 5.41) is 0. The quantitative estimate of drug-likeness (QED) is 0.835. The van der Waals surface area contributed by atoms with Crippen molar-refractivity contribution in [2.75, 3.05) is 33.2 Å². The van der Waals surface area contributed by atoms with Gasteiger partial charge in [-0.3, -0.25) is 4.90 Å². The van der Waals surface area contributed by atoms with E-state index in [0.29, 0.717) is 0 Å². The van der Waals surface area contributed by atoms with E-state index in [9.17, 15) is 0 Å². The first-order valence-electron chi connectivity index (χ1n) is 8.94. The second kappa shape index (κ2) is 5.86. The fraction of sp³-hybridized carbons (Fsp3) is 0.684. The van der Waals surface area contributed by atoms with E-state index in [2.05, 4.69) is 35.0 Å². The second-order valence-corrected chi connectivity index (χ2v) is 7.51. The highest BCUT2D eigenvalue weighted by Crippen LogP contribution is 2.39. The van der Waals surface area contributed by atoms with E-state index >= 15 is 0 Å². The third kappa shape index (κ3) is 2.89. The Kier molecular flexibility index (Phi) is 3.87.